The van der Waals surface area contributed by atoms with E-state index in [0.717, 1.165) is 4.47 Å². The Hall–Kier alpha value is -2.44. The first-order valence-electron chi connectivity index (χ1n) is 7.44. The van der Waals surface area contributed by atoms with Crippen molar-refractivity contribution in [2.24, 2.45) is 0 Å². The molecule has 0 heterocycles. The first-order valence-corrected chi connectivity index (χ1v) is 9.72. The zero-order chi connectivity index (χ0) is 17.9. The van der Waals surface area contributed by atoms with Crippen LogP contribution in [0.2, 0.25) is 0 Å². The van der Waals surface area contributed by atoms with E-state index < -0.39 is 10.0 Å². The lowest BCUT2D eigenvalue weighted by Gasteiger charge is -2.12. The maximum Gasteiger partial charge on any atom is 0.261 e. The van der Waals surface area contributed by atoms with Gasteiger partial charge in [0, 0.05) is 15.6 Å². The molecule has 3 aromatic carbocycles. The van der Waals surface area contributed by atoms with Crippen LogP contribution in [0.5, 0.6) is 0 Å². The minimum absolute atomic E-state index is 0.123. The van der Waals surface area contributed by atoms with Crippen LogP contribution in [0.1, 0.15) is 15.9 Å². The van der Waals surface area contributed by atoms with E-state index in [1.807, 2.05) is 6.07 Å². The van der Waals surface area contributed by atoms with Gasteiger partial charge in [0.15, 0.2) is 5.78 Å². The highest BCUT2D eigenvalue weighted by Gasteiger charge is 2.19. The van der Waals surface area contributed by atoms with Crippen molar-refractivity contribution in [3.63, 3.8) is 0 Å². The normalized spacial score (nSPS) is 11.1. The third-order valence-corrected chi connectivity index (χ3v) is 5.49. The van der Waals surface area contributed by atoms with Gasteiger partial charge in [-0.05, 0) is 36.4 Å². The number of hydrogen-bond donors (Lipinski definition) is 1. The lowest BCUT2D eigenvalue weighted by molar-refractivity contribution is 0.103. The third kappa shape index (κ3) is 3.97. The van der Waals surface area contributed by atoms with E-state index in [1.165, 1.54) is 12.1 Å². The van der Waals surface area contributed by atoms with Gasteiger partial charge < -0.3 is 0 Å². The van der Waals surface area contributed by atoms with Crippen molar-refractivity contribution in [1.82, 2.24) is 0 Å². The molecule has 0 aliphatic rings. The highest BCUT2D eigenvalue weighted by molar-refractivity contribution is 9.10. The summed E-state index contributed by atoms with van der Waals surface area (Å²) in [6, 6.07) is 21.6. The van der Waals surface area contributed by atoms with Gasteiger partial charge in [0.25, 0.3) is 10.0 Å². The number of ketones is 1. The summed E-state index contributed by atoms with van der Waals surface area (Å²) in [6.45, 7) is 0. The van der Waals surface area contributed by atoms with E-state index in [2.05, 4.69) is 20.7 Å². The van der Waals surface area contributed by atoms with Crippen LogP contribution in [0, 0.1) is 0 Å². The van der Waals surface area contributed by atoms with Crippen molar-refractivity contribution in [3.05, 3.63) is 94.5 Å². The number of hydrogen-bond acceptors (Lipinski definition) is 3. The van der Waals surface area contributed by atoms with E-state index in [-0.39, 0.29) is 16.4 Å². The predicted molar refractivity (Wildman–Crippen MR) is 101 cm³/mol. The molecule has 0 atom stereocenters. The molecule has 0 aliphatic carbocycles. The fourth-order valence-electron chi connectivity index (χ4n) is 2.33. The third-order valence-electron chi connectivity index (χ3n) is 3.58. The Labute approximate surface area is 154 Å². The molecule has 0 fully saturated rings. The summed E-state index contributed by atoms with van der Waals surface area (Å²) < 4.78 is 28.5. The smallest absolute Gasteiger partial charge is 0.261 e. The summed E-state index contributed by atoms with van der Waals surface area (Å²) in [7, 11) is -3.79. The molecule has 0 amide bonds. The SMILES string of the molecule is O=C(c1ccccc1)c1ccccc1NS(=O)(=O)c1ccc(Br)cc1. The van der Waals surface area contributed by atoms with Crippen LogP contribution < -0.4 is 4.72 Å². The van der Waals surface area contributed by atoms with Gasteiger partial charge >= 0.3 is 0 Å². The van der Waals surface area contributed by atoms with Crippen molar-refractivity contribution in [2.45, 2.75) is 4.90 Å². The van der Waals surface area contributed by atoms with Gasteiger partial charge in [0.1, 0.15) is 0 Å². The molecule has 1 N–H and O–H groups in total. The van der Waals surface area contributed by atoms with Crippen LogP contribution in [0.15, 0.2) is 88.2 Å². The Morgan fingerprint density at radius 3 is 2.08 bits per heavy atom. The molecular formula is C19H14BrNO3S. The summed E-state index contributed by atoms with van der Waals surface area (Å²) in [5, 5.41) is 0. The maximum absolute atomic E-state index is 12.7. The topological polar surface area (TPSA) is 63.2 Å². The Morgan fingerprint density at radius 1 is 0.800 bits per heavy atom. The lowest BCUT2D eigenvalue weighted by atomic mass is 10.0. The number of para-hydroxylation sites is 1. The number of carbonyl (C=O) groups is 1. The molecule has 0 aromatic heterocycles. The van der Waals surface area contributed by atoms with Gasteiger partial charge in [0.2, 0.25) is 0 Å². The molecule has 3 aromatic rings. The van der Waals surface area contributed by atoms with Gasteiger partial charge in [-0.25, -0.2) is 8.42 Å². The average Bonchev–Trinajstić information content (AvgIpc) is 2.62. The molecular weight excluding hydrogens is 402 g/mol. The quantitative estimate of drug-likeness (QED) is 0.624. The molecule has 0 aliphatic heterocycles. The van der Waals surface area contributed by atoms with Gasteiger partial charge in [-0.1, -0.05) is 58.4 Å². The number of carbonyl (C=O) groups excluding carboxylic acids is 1. The monoisotopic (exact) mass is 415 g/mol. The Morgan fingerprint density at radius 2 is 1.40 bits per heavy atom. The van der Waals surface area contributed by atoms with E-state index in [4.69, 9.17) is 0 Å². The van der Waals surface area contributed by atoms with E-state index in [1.54, 1.807) is 60.7 Å². The van der Waals surface area contributed by atoms with Crippen LogP contribution in [0.3, 0.4) is 0 Å². The number of benzene rings is 3. The minimum atomic E-state index is -3.79. The largest absolute Gasteiger partial charge is 0.289 e. The van der Waals surface area contributed by atoms with Gasteiger partial charge in [0.05, 0.1) is 10.6 Å². The summed E-state index contributed by atoms with van der Waals surface area (Å²) in [5.74, 6) is -0.241. The summed E-state index contributed by atoms with van der Waals surface area (Å²) >= 11 is 3.28. The number of anilines is 1. The van der Waals surface area contributed by atoms with Crippen molar-refractivity contribution >= 4 is 37.4 Å². The Balaban J connectivity index is 1.96. The summed E-state index contributed by atoms with van der Waals surface area (Å²) in [5.41, 5.74) is 1.05. The van der Waals surface area contributed by atoms with E-state index >= 15 is 0 Å². The molecule has 0 saturated heterocycles. The van der Waals surface area contributed by atoms with Crippen LogP contribution in [0.4, 0.5) is 5.69 Å². The maximum atomic E-state index is 12.7. The lowest BCUT2D eigenvalue weighted by Crippen LogP contribution is -2.15. The second-order valence-electron chi connectivity index (χ2n) is 5.30. The zero-order valence-electron chi connectivity index (χ0n) is 13.0. The van der Waals surface area contributed by atoms with Gasteiger partial charge in [-0.15, -0.1) is 0 Å². The van der Waals surface area contributed by atoms with Crippen molar-refractivity contribution in [1.29, 1.82) is 0 Å². The van der Waals surface area contributed by atoms with Gasteiger partial charge in [-0.2, -0.15) is 0 Å². The molecule has 0 unspecified atom stereocenters. The summed E-state index contributed by atoms with van der Waals surface area (Å²) in [4.78, 5) is 12.8. The minimum Gasteiger partial charge on any atom is -0.289 e. The van der Waals surface area contributed by atoms with Crippen LogP contribution in [-0.2, 0) is 10.0 Å². The highest BCUT2D eigenvalue weighted by atomic mass is 79.9. The fraction of sp³-hybridized carbons (Fsp3) is 0. The Kier molecular flexibility index (Phi) is 5.01. The molecule has 6 heteroatoms. The number of halogens is 1. The molecule has 0 radical (unpaired) electrons. The number of rotatable bonds is 5. The molecule has 0 spiro atoms. The molecule has 0 bridgehead atoms. The molecule has 25 heavy (non-hydrogen) atoms. The van der Waals surface area contributed by atoms with Crippen LogP contribution >= 0.6 is 15.9 Å². The van der Waals surface area contributed by atoms with Crippen molar-refractivity contribution in [2.75, 3.05) is 4.72 Å². The van der Waals surface area contributed by atoms with Crippen LogP contribution in [-0.4, -0.2) is 14.2 Å². The molecule has 126 valence electrons. The van der Waals surface area contributed by atoms with E-state index in [0.29, 0.717) is 11.1 Å². The standard InChI is InChI=1S/C19H14BrNO3S/c20-15-10-12-16(13-11-15)25(23,24)21-18-9-5-4-8-17(18)19(22)14-6-2-1-3-7-14/h1-13,21H. The molecule has 4 nitrogen and oxygen atoms in total. The average molecular weight is 416 g/mol. The Bertz CT molecular complexity index is 1000. The second kappa shape index (κ2) is 7.21. The zero-order valence-corrected chi connectivity index (χ0v) is 15.4. The van der Waals surface area contributed by atoms with Crippen LogP contribution in [0.25, 0.3) is 0 Å². The fourth-order valence-corrected chi connectivity index (χ4v) is 3.68. The first-order chi connectivity index (χ1) is 12.0. The first kappa shape index (κ1) is 17.4. The number of sulfonamides is 1. The second-order valence-corrected chi connectivity index (χ2v) is 7.90. The highest BCUT2D eigenvalue weighted by Crippen LogP contribution is 2.23. The van der Waals surface area contributed by atoms with E-state index in [9.17, 15) is 13.2 Å². The molecule has 0 saturated carbocycles. The number of nitrogens with one attached hydrogen (secondary N) is 1. The van der Waals surface area contributed by atoms with Crippen molar-refractivity contribution < 1.29 is 13.2 Å². The predicted octanol–water partition coefficient (Wildman–Crippen LogP) is 4.48. The summed E-state index contributed by atoms with van der Waals surface area (Å²) in [6.07, 6.45) is 0. The van der Waals surface area contributed by atoms with Crippen molar-refractivity contribution in [3.8, 4) is 0 Å². The van der Waals surface area contributed by atoms with Gasteiger partial charge in [-0.3, -0.25) is 9.52 Å². The molecule has 3 rings (SSSR count).